The van der Waals surface area contributed by atoms with Crippen LogP contribution in [0.4, 0.5) is 0 Å². The maximum Gasteiger partial charge on any atom is 0.464 e. The molecule has 0 aliphatic carbocycles. The van der Waals surface area contributed by atoms with E-state index in [2.05, 4.69) is 0 Å². The number of rotatable bonds is 6. The molecule has 0 aromatic carbocycles. The molecule has 2 atom stereocenters. The quantitative estimate of drug-likeness (QED) is 0.413. The van der Waals surface area contributed by atoms with Gasteiger partial charge >= 0.3 is 36.2 Å². The molecule has 92 valence electrons. The summed E-state index contributed by atoms with van der Waals surface area (Å²) in [6, 6.07) is 0. The van der Waals surface area contributed by atoms with Crippen LogP contribution in [0.25, 0.3) is 0 Å². The third kappa shape index (κ3) is 10.9. The van der Waals surface area contributed by atoms with Gasteiger partial charge in [0.25, 0.3) is 0 Å². The first kappa shape index (κ1) is 15.6. The molecule has 0 radical (unpaired) electrons. The Morgan fingerprint density at radius 3 is 1.27 bits per heavy atom. The van der Waals surface area contributed by atoms with Gasteiger partial charge in [-0.2, -0.15) is 0 Å². The van der Waals surface area contributed by atoms with Gasteiger partial charge in [0, 0.05) is 0 Å². The van der Waals surface area contributed by atoms with Gasteiger partial charge < -0.3 is 31.5 Å². The summed E-state index contributed by atoms with van der Waals surface area (Å²) in [6.07, 6.45) is 0. The lowest BCUT2D eigenvalue weighted by Gasteiger charge is -2.23. The van der Waals surface area contributed by atoms with Crippen LogP contribution >= 0.6 is 0 Å². The fourth-order valence-corrected chi connectivity index (χ4v) is 6.84. The minimum Gasteiger partial charge on any atom is -0.411 e. The molecular formula is C4H18O7Si4. The largest absolute Gasteiger partial charge is 0.464 e. The third-order valence-electron chi connectivity index (χ3n) is 1.01. The Kier molecular flexibility index (Phi) is 6.01. The average Bonchev–Trinajstić information content (AvgIpc) is 1.73. The van der Waals surface area contributed by atoms with Crippen LogP contribution in [0.1, 0.15) is 0 Å². The van der Waals surface area contributed by atoms with E-state index in [1.165, 1.54) is 26.2 Å². The summed E-state index contributed by atoms with van der Waals surface area (Å²) in [5, 5.41) is 0. The van der Waals surface area contributed by atoms with Crippen LogP contribution in [-0.2, 0) is 12.3 Å². The van der Waals surface area contributed by atoms with Crippen LogP contribution in [-0.4, -0.2) is 55.4 Å². The van der Waals surface area contributed by atoms with E-state index in [1.807, 2.05) is 0 Å². The van der Waals surface area contributed by atoms with Crippen molar-refractivity contribution < 1.29 is 31.5 Å². The smallest absolute Gasteiger partial charge is 0.411 e. The summed E-state index contributed by atoms with van der Waals surface area (Å²) >= 11 is 0. The van der Waals surface area contributed by atoms with Gasteiger partial charge in [-0.25, -0.2) is 0 Å². The van der Waals surface area contributed by atoms with Crippen molar-refractivity contribution in [1.29, 1.82) is 0 Å². The highest BCUT2D eigenvalue weighted by Crippen LogP contribution is 2.04. The fourth-order valence-electron chi connectivity index (χ4n) is 0.649. The monoisotopic (exact) mass is 290 g/mol. The molecule has 0 bridgehead atoms. The second-order valence-electron chi connectivity index (χ2n) is 3.88. The molecule has 0 rings (SSSR count). The third-order valence-corrected chi connectivity index (χ3v) is 9.10. The Morgan fingerprint density at radius 1 is 0.800 bits per heavy atom. The van der Waals surface area contributed by atoms with Gasteiger partial charge in [-0.3, -0.25) is 0 Å². The molecule has 0 heterocycles. The molecule has 0 aromatic rings. The van der Waals surface area contributed by atoms with Gasteiger partial charge in [-0.1, -0.05) is 0 Å². The summed E-state index contributed by atoms with van der Waals surface area (Å²) < 4.78 is 14.3. The normalized spacial score (nSPS) is 17.6. The highest BCUT2D eigenvalue weighted by molar-refractivity contribution is 6.73. The Hall–Kier alpha value is 0.588. The van der Waals surface area contributed by atoms with E-state index in [0.29, 0.717) is 0 Å². The van der Waals surface area contributed by atoms with E-state index in [4.69, 9.17) is 12.3 Å². The van der Waals surface area contributed by atoms with E-state index >= 15 is 0 Å². The molecule has 0 aromatic heterocycles. The van der Waals surface area contributed by atoms with Gasteiger partial charge in [0.15, 0.2) is 0 Å². The van der Waals surface area contributed by atoms with Gasteiger partial charge in [-0.05, 0) is 26.2 Å². The lowest BCUT2D eigenvalue weighted by Crippen LogP contribution is -2.46. The molecule has 4 N–H and O–H groups in total. The van der Waals surface area contributed by atoms with Crippen LogP contribution in [0.5, 0.6) is 0 Å². The van der Waals surface area contributed by atoms with Gasteiger partial charge in [0.2, 0.25) is 0 Å². The van der Waals surface area contributed by atoms with Crippen LogP contribution in [0.3, 0.4) is 0 Å². The Bertz CT molecular complexity index is 168. The van der Waals surface area contributed by atoms with E-state index in [-0.39, 0.29) is 0 Å². The van der Waals surface area contributed by atoms with E-state index < -0.39 is 36.2 Å². The van der Waals surface area contributed by atoms with Crippen molar-refractivity contribution in [1.82, 2.24) is 0 Å². The lowest BCUT2D eigenvalue weighted by atomic mass is 11.9. The summed E-state index contributed by atoms with van der Waals surface area (Å²) in [5.41, 5.74) is 0. The van der Waals surface area contributed by atoms with Gasteiger partial charge in [-0.15, -0.1) is 0 Å². The zero-order valence-corrected chi connectivity index (χ0v) is 13.5. The van der Waals surface area contributed by atoms with E-state index in [0.717, 1.165) is 0 Å². The predicted octanol–water partition coefficient (Wildman–Crippen LogP) is -2.16. The van der Waals surface area contributed by atoms with Crippen LogP contribution in [0, 0.1) is 0 Å². The van der Waals surface area contributed by atoms with Crippen molar-refractivity contribution >= 4 is 36.2 Å². The van der Waals surface area contributed by atoms with Crippen molar-refractivity contribution in [3.8, 4) is 0 Å². The van der Waals surface area contributed by atoms with Crippen LogP contribution in [0.2, 0.25) is 26.2 Å². The molecule has 0 aliphatic heterocycles. The molecule has 11 heteroatoms. The average molecular weight is 291 g/mol. The molecule has 0 saturated heterocycles. The summed E-state index contributed by atoms with van der Waals surface area (Å²) in [5.74, 6) is 0. The molecule has 0 spiro atoms. The summed E-state index contributed by atoms with van der Waals surface area (Å²) in [4.78, 5) is 37.1. The molecule has 7 nitrogen and oxygen atoms in total. The van der Waals surface area contributed by atoms with Gasteiger partial charge in [0.1, 0.15) is 0 Å². The van der Waals surface area contributed by atoms with E-state index in [1.54, 1.807) is 0 Å². The summed E-state index contributed by atoms with van der Waals surface area (Å²) in [6.45, 7) is 5.86. The summed E-state index contributed by atoms with van der Waals surface area (Å²) in [7, 11) is -11.8. The molecule has 15 heavy (non-hydrogen) atoms. The molecule has 0 saturated carbocycles. The zero-order chi connectivity index (χ0) is 12.3. The second-order valence-corrected chi connectivity index (χ2v) is 13.9. The molecule has 0 fully saturated rings. The molecule has 0 amide bonds. The highest BCUT2D eigenvalue weighted by atomic mass is 28.5. The van der Waals surface area contributed by atoms with Gasteiger partial charge in [0.05, 0.1) is 0 Å². The number of hydrogen-bond donors (Lipinski definition) is 4. The van der Waals surface area contributed by atoms with Crippen molar-refractivity contribution in [2.75, 3.05) is 0 Å². The standard InChI is InChI=1S/C4H18O7Si4/c1-14(2,7)10-12(5)9-13(6)11-15(3,4)8/h5-8,12-13H,1-4H3. The Labute approximate surface area is 94.3 Å². The van der Waals surface area contributed by atoms with Crippen molar-refractivity contribution in [2.24, 2.45) is 0 Å². The Balaban J connectivity index is 3.92. The zero-order valence-electron chi connectivity index (χ0n) is 9.17. The van der Waals surface area contributed by atoms with E-state index in [9.17, 15) is 19.2 Å². The topological polar surface area (TPSA) is 109 Å². The fraction of sp³-hybridized carbons (Fsp3) is 1.00. The maximum absolute atomic E-state index is 9.30. The lowest BCUT2D eigenvalue weighted by molar-refractivity contribution is 0.197. The van der Waals surface area contributed by atoms with Crippen molar-refractivity contribution in [3.05, 3.63) is 0 Å². The first-order chi connectivity index (χ1) is 6.49. The molecular weight excluding hydrogens is 272 g/mol. The Morgan fingerprint density at radius 2 is 1.07 bits per heavy atom. The predicted molar refractivity (Wildman–Crippen MR) is 61.4 cm³/mol. The minimum absolute atomic E-state index is 1.46. The SMILES string of the molecule is C[Si](C)(O)O[SiH](O)O[SiH](O)O[Si](C)(C)O. The molecule has 0 aliphatic rings. The highest BCUT2D eigenvalue weighted by Gasteiger charge is 2.31. The second kappa shape index (κ2) is 5.78. The van der Waals surface area contributed by atoms with Crippen molar-refractivity contribution in [3.63, 3.8) is 0 Å². The minimum atomic E-state index is -3.06. The van der Waals surface area contributed by atoms with Crippen molar-refractivity contribution in [2.45, 2.75) is 26.2 Å². The van der Waals surface area contributed by atoms with Crippen LogP contribution < -0.4 is 0 Å². The first-order valence-corrected chi connectivity index (χ1v) is 12.9. The number of hydrogen-bond acceptors (Lipinski definition) is 7. The first-order valence-electron chi connectivity index (χ1n) is 4.31. The maximum atomic E-state index is 9.30. The molecule has 2 unspecified atom stereocenters. The van der Waals surface area contributed by atoms with Crippen LogP contribution in [0.15, 0.2) is 0 Å².